The maximum atomic E-state index is 5.97. The number of hydrogen-bond acceptors (Lipinski definition) is 2. The van der Waals surface area contributed by atoms with Crippen LogP contribution in [0.3, 0.4) is 0 Å². The normalized spacial score (nSPS) is 24.3. The fraction of sp³-hybridized carbons (Fsp3) is 0.625. The van der Waals surface area contributed by atoms with E-state index >= 15 is 0 Å². The van der Waals surface area contributed by atoms with Crippen molar-refractivity contribution < 1.29 is 0 Å². The van der Waals surface area contributed by atoms with Gasteiger partial charge < -0.3 is 11.1 Å². The number of aryl methyl sites for hydroxylation is 1. The molecule has 0 amide bonds. The average molecular weight is 246 g/mol. The monoisotopic (exact) mass is 246 g/mol. The van der Waals surface area contributed by atoms with Gasteiger partial charge in [-0.05, 0) is 49.7 Å². The van der Waals surface area contributed by atoms with Crippen molar-refractivity contribution in [3.05, 3.63) is 29.3 Å². The largest absolute Gasteiger partial charge is 0.382 e. The van der Waals surface area contributed by atoms with Crippen molar-refractivity contribution in [2.45, 2.75) is 64.5 Å². The Morgan fingerprint density at radius 2 is 1.83 bits per heavy atom. The van der Waals surface area contributed by atoms with Crippen LogP contribution in [0.15, 0.2) is 18.2 Å². The predicted molar refractivity (Wildman–Crippen MR) is 79.1 cm³/mol. The number of benzene rings is 1. The molecule has 0 bridgehead atoms. The van der Waals surface area contributed by atoms with E-state index in [1.54, 1.807) is 0 Å². The van der Waals surface area contributed by atoms with E-state index in [4.69, 9.17) is 5.73 Å². The molecule has 1 aliphatic rings. The first-order chi connectivity index (χ1) is 8.58. The molecular formula is C16H26N2. The first-order valence-corrected chi connectivity index (χ1v) is 7.19. The summed E-state index contributed by atoms with van der Waals surface area (Å²) in [7, 11) is 0. The third kappa shape index (κ3) is 3.05. The van der Waals surface area contributed by atoms with Gasteiger partial charge in [-0.2, -0.15) is 0 Å². The van der Waals surface area contributed by atoms with Crippen LogP contribution in [-0.4, -0.2) is 12.1 Å². The highest BCUT2D eigenvalue weighted by molar-refractivity contribution is 5.59. The van der Waals surface area contributed by atoms with Gasteiger partial charge in [0, 0.05) is 17.8 Å². The van der Waals surface area contributed by atoms with Gasteiger partial charge in [0.05, 0.1) is 0 Å². The molecule has 100 valence electrons. The van der Waals surface area contributed by atoms with Gasteiger partial charge in [-0.3, -0.25) is 0 Å². The van der Waals surface area contributed by atoms with Gasteiger partial charge in [0.2, 0.25) is 0 Å². The summed E-state index contributed by atoms with van der Waals surface area (Å²) in [6.07, 6.45) is 4.71. The van der Waals surface area contributed by atoms with Gasteiger partial charge in [-0.25, -0.2) is 0 Å². The molecule has 1 aromatic carbocycles. The van der Waals surface area contributed by atoms with Crippen LogP contribution in [0.25, 0.3) is 0 Å². The number of para-hydroxylation sites is 1. The van der Waals surface area contributed by atoms with Gasteiger partial charge in [-0.15, -0.1) is 0 Å². The SMILES string of the molecule is Cc1cccc(C(C)C)c1NC1CCC(N)CC1. The smallest absolute Gasteiger partial charge is 0.0407 e. The molecule has 2 heteroatoms. The quantitative estimate of drug-likeness (QED) is 0.851. The number of nitrogens with two attached hydrogens (primary N) is 1. The predicted octanol–water partition coefficient (Wildman–Crippen LogP) is 3.80. The van der Waals surface area contributed by atoms with Crippen molar-refractivity contribution in [3.8, 4) is 0 Å². The summed E-state index contributed by atoms with van der Waals surface area (Å²) in [5.74, 6) is 0.568. The van der Waals surface area contributed by atoms with Crippen molar-refractivity contribution in [2.24, 2.45) is 5.73 Å². The van der Waals surface area contributed by atoms with Crippen molar-refractivity contribution in [2.75, 3.05) is 5.32 Å². The van der Waals surface area contributed by atoms with E-state index < -0.39 is 0 Å². The standard InChI is InChI=1S/C16H26N2/c1-11(2)15-6-4-5-12(3)16(15)18-14-9-7-13(17)8-10-14/h4-6,11,13-14,18H,7-10,17H2,1-3H3. The topological polar surface area (TPSA) is 38.0 Å². The number of hydrogen-bond donors (Lipinski definition) is 2. The van der Waals surface area contributed by atoms with Crippen LogP contribution < -0.4 is 11.1 Å². The molecule has 0 atom stereocenters. The minimum Gasteiger partial charge on any atom is -0.382 e. The Morgan fingerprint density at radius 3 is 2.44 bits per heavy atom. The van der Waals surface area contributed by atoms with Crippen LogP contribution in [0.4, 0.5) is 5.69 Å². The molecule has 0 heterocycles. The second kappa shape index (κ2) is 5.75. The lowest BCUT2D eigenvalue weighted by molar-refractivity contribution is 0.411. The molecule has 1 fully saturated rings. The van der Waals surface area contributed by atoms with Crippen LogP contribution in [-0.2, 0) is 0 Å². The van der Waals surface area contributed by atoms with Gasteiger partial charge in [-0.1, -0.05) is 32.0 Å². The molecule has 0 aromatic heterocycles. The highest BCUT2D eigenvalue weighted by atomic mass is 14.9. The Morgan fingerprint density at radius 1 is 1.17 bits per heavy atom. The lowest BCUT2D eigenvalue weighted by Crippen LogP contribution is -2.33. The first-order valence-electron chi connectivity index (χ1n) is 7.19. The maximum absolute atomic E-state index is 5.97. The molecule has 1 aromatic rings. The van der Waals surface area contributed by atoms with Gasteiger partial charge in [0.25, 0.3) is 0 Å². The zero-order valence-corrected chi connectivity index (χ0v) is 11.9. The zero-order chi connectivity index (χ0) is 13.1. The van der Waals surface area contributed by atoms with Gasteiger partial charge in [0.15, 0.2) is 0 Å². The fourth-order valence-electron chi connectivity index (χ4n) is 2.84. The summed E-state index contributed by atoms with van der Waals surface area (Å²) in [4.78, 5) is 0. The summed E-state index contributed by atoms with van der Waals surface area (Å²) in [6, 6.07) is 7.62. The van der Waals surface area contributed by atoms with E-state index in [-0.39, 0.29) is 0 Å². The summed E-state index contributed by atoms with van der Waals surface area (Å²) in [6.45, 7) is 6.72. The molecule has 1 aliphatic carbocycles. The number of nitrogens with one attached hydrogen (secondary N) is 1. The highest BCUT2D eigenvalue weighted by Crippen LogP contribution is 2.30. The molecule has 3 N–H and O–H groups in total. The van der Waals surface area contributed by atoms with Crippen LogP contribution >= 0.6 is 0 Å². The summed E-state index contributed by atoms with van der Waals surface area (Å²) in [5.41, 5.74) is 10.1. The molecule has 1 saturated carbocycles. The second-order valence-corrected chi connectivity index (χ2v) is 5.95. The summed E-state index contributed by atoms with van der Waals surface area (Å²) in [5, 5.41) is 3.76. The molecule has 0 saturated heterocycles. The third-order valence-corrected chi connectivity index (χ3v) is 4.05. The molecule has 0 aliphatic heterocycles. The van der Waals surface area contributed by atoms with E-state index in [1.807, 2.05) is 0 Å². The van der Waals surface area contributed by atoms with E-state index in [0.29, 0.717) is 18.0 Å². The van der Waals surface area contributed by atoms with E-state index in [9.17, 15) is 0 Å². The van der Waals surface area contributed by atoms with Crippen LogP contribution in [0, 0.1) is 6.92 Å². The third-order valence-electron chi connectivity index (χ3n) is 4.05. The molecule has 2 rings (SSSR count). The number of anilines is 1. The fourth-order valence-corrected chi connectivity index (χ4v) is 2.84. The van der Waals surface area contributed by atoms with Crippen molar-refractivity contribution in [1.29, 1.82) is 0 Å². The maximum Gasteiger partial charge on any atom is 0.0407 e. The van der Waals surface area contributed by atoms with Crippen LogP contribution in [0.5, 0.6) is 0 Å². The Kier molecular flexibility index (Phi) is 4.28. The Hall–Kier alpha value is -1.02. The second-order valence-electron chi connectivity index (χ2n) is 5.95. The molecule has 0 radical (unpaired) electrons. The first kappa shape index (κ1) is 13.4. The van der Waals surface area contributed by atoms with E-state index in [2.05, 4.69) is 44.3 Å². The Bertz CT molecular complexity index is 390. The highest BCUT2D eigenvalue weighted by Gasteiger charge is 2.20. The zero-order valence-electron chi connectivity index (χ0n) is 11.9. The minimum absolute atomic E-state index is 0.421. The summed E-state index contributed by atoms with van der Waals surface area (Å²) < 4.78 is 0. The van der Waals surface area contributed by atoms with Crippen molar-refractivity contribution >= 4 is 5.69 Å². The molecular weight excluding hydrogens is 220 g/mol. The number of rotatable bonds is 3. The average Bonchev–Trinajstić information content (AvgIpc) is 2.34. The van der Waals surface area contributed by atoms with E-state index in [0.717, 1.165) is 12.8 Å². The summed E-state index contributed by atoms with van der Waals surface area (Å²) >= 11 is 0. The lowest BCUT2D eigenvalue weighted by atomic mass is 9.90. The van der Waals surface area contributed by atoms with Gasteiger partial charge >= 0.3 is 0 Å². The van der Waals surface area contributed by atoms with Gasteiger partial charge in [0.1, 0.15) is 0 Å². The van der Waals surface area contributed by atoms with E-state index in [1.165, 1.54) is 29.7 Å². The molecule has 2 nitrogen and oxygen atoms in total. The Balaban J connectivity index is 2.13. The van der Waals surface area contributed by atoms with Crippen molar-refractivity contribution in [3.63, 3.8) is 0 Å². The van der Waals surface area contributed by atoms with Crippen LogP contribution in [0.1, 0.15) is 56.6 Å². The Labute approximate surface area is 111 Å². The van der Waals surface area contributed by atoms with Crippen molar-refractivity contribution in [1.82, 2.24) is 0 Å². The lowest BCUT2D eigenvalue weighted by Gasteiger charge is -2.29. The minimum atomic E-state index is 0.421. The molecule has 18 heavy (non-hydrogen) atoms. The molecule has 0 unspecified atom stereocenters. The molecule has 0 spiro atoms. The van der Waals surface area contributed by atoms with Crippen LogP contribution in [0.2, 0.25) is 0 Å².